The molecular formula is C38H72O9. The number of aliphatic hydroxyl groups excluding tert-OH is 4. The van der Waals surface area contributed by atoms with Crippen LogP contribution < -0.4 is 0 Å². The van der Waals surface area contributed by atoms with E-state index >= 15 is 0 Å². The molecule has 9 heteroatoms. The van der Waals surface area contributed by atoms with Crippen LogP contribution in [-0.4, -0.2) is 89.6 Å². The molecule has 1 aliphatic heterocycles. The van der Waals surface area contributed by atoms with Crippen LogP contribution in [-0.2, 0) is 23.7 Å². The Morgan fingerprint density at radius 3 is 1.72 bits per heavy atom. The Labute approximate surface area is 286 Å². The summed E-state index contributed by atoms with van der Waals surface area (Å²) >= 11 is 0. The Balaban J connectivity index is 2.22. The first-order valence-corrected chi connectivity index (χ1v) is 19.3. The smallest absolute Gasteiger partial charge is 0.306 e. The predicted octanol–water partition coefficient (Wildman–Crippen LogP) is 7.30. The number of allylic oxidation sites excluding steroid dienone is 2. The van der Waals surface area contributed by atoms with Crippen molar-refractivity contribution in [2.75, 3.05) is 26.4 Å². The molecule has 4 N–H and O–H groups in total. The fourth-order valence-electron chi connectivity index (χ4n) is 5.84. The van der Waals surface area contributed by atoms with Gasteiger partial charge in [-0.3, -0.25) is 4.79 Å². The Morgan fingerprint density at radius 1 is 0.660 bits per heavy atom. The Bertz CT molecular complexity index is 732. The summed E-state index contributed by atoms with van der Waals surface area (Å²) in [5, 5.41) is 39.8. The van der Waals surface area contributed by atoms with Crippen molar-refractivity contribution in [1.29, 1.82) is 0 Å². The lowest BCUT2D eigenvalue weighted by molar-refractivity contribution is -0.305. The molecule has 0 aromatic heterocycles. The van der Waals surface area contributed by atoms with Gasteiger partial charge in [-0.2, -0.15) is 0 Å². The van der Waals surface area contributed by atoms with Gasteiger partial charge in [-0.25, -0.2) is 0 Å². The van der Waals surface area contributed by atoms with Gasteiger partial charge in [-0.1, -0.05) is 129 Å². The molecule has 0 amide bonds. The van der Waals surface area contributed by atoms with Gasteiger partial charge in [-0.15, -0.1) is 0 Å². The molecule has 6 unspecified atom stereocenters. The fraction of sp³-hybridized carbons (Fsp3) is 0.921. The summed E-state index contributed by atoms with van der Waals surface area (Å²) in [6, 6.07) is 0. The zero-order valence-corrected chi connectivity index (χ0v) is 30.0. The van der Waals surface area contributed by atoms with E-state index in [0.717, 1.165) is 32.1 Å². The molecule has 278 valence electrons. The van der Waals surface area contributed by atoms with Crippen LogP contribution in [0.3, 0.4) is 0 Å². The van der Waals surface area contributed by atoms with Crippen molar-refractivity contribution in [2.24, 2.45) is 0 Å². The average molecular weight is 673 g/mol. The number of unbranched alkanes of at least 4 members (excludes halogenated alkanes) is 19. The van der Waals surface area contributed by atoms with E-state index in [1.807, 2.05) is 0 Å². The second-order valence-electron chi connectivity index (χ2n) is 13.4. The van der Waals surface area contributed by atoms with Gasteiger partial charge in [-0.05, 0) is 38.5 Å². The van der Waals surface area contributed by atoms with E-state index in [1.54, 1.807) is 0 Å². The number of carbonyl (C=O) groups is 1. The number of rotatable bonds is 32. The Kier molecular flexibility index (Phi) is 28.9. The molecule has 9 nitrogen and oxygen atoms in total. The van der Waals surface area contributed by atoms with Crippen molar-refractivity contribution >= 4 is 5.97 Å². The SMILES string of the molecule is CCCCCCCC/C=C\CCCCCCCCCCOCC(COC1OC(CO)C(O)C(O)C1O)OC(=O)CCCCCCCC. The molecule has 1 aliphatic rings. The monoisotopic (exact) mass is 673 g/mol. The number of hydrogen-bond acceptors (Lipinski definition) is 9. The Morgan fingerprint density at radius 2 is 1.17 bits per heavy atom. The minimum absolute atomic E-state index is 0.111. The van der Waals surface area contributed by atoms with Crippen LogP contribution >= 0.6 is 0 Å². The van der Waals surface area contributed by atoms with Gasteiger partial charge in [0.1, 0.15) is 30.5 Å². The molecule has 1 saturated heterocycles. The topological polar surface area (TPSA) is 135 Å². The lowest BCUT2D eigenvalue weighted by Gasteiger charge is -2.39. The normalized spacial score (nSPS) is 22.2. The third-order valence-electron chi connectivity index (χ3n) is 8.93. The maximum Gasteiger partial charge on any atom is 0.306 e. The van der Waals surface area contributed by atoms with E-state index in [2.05, 4.69) is 26.0 Å². The molecule has 0 aromatic rings. The number of ether oxygens (including phenoxy) is 4. The van der Waals surface area contributed by atoms with E-state index in [4.69, 9.17) is 18.9 Å². The summed E-state index contributed by atoms with van der Waals surface area (Å²) in [5.41, 5.74) is 0. The number of carbonyl (C=O) groups excluding carboxylic acids is 1. The van der Waals surface area contributed by atoms with Crippen molar-refractivity contribution in [3.63, 3.8) is 0 Å². The van der Waals surface area contributed by atoms with Gasteiger partial charge in [0, 0.05) is 13.0 Å². The summed E-state index contributed by atoms with van der Waals surface area (Å²) in [4.78, 5) is 12.5. The predicted molar refractivity (Wildman–Crippen MR) is 187 cm³/mol. The summed E-state index contributed by atoms with van der Waals surface area (Å²) < 4.78 is 22.6. The molecule has 0 spiro atoms. The minimum atomic E-state index is -1.53. The number of esters is 1. The second kappa shape index (κ2) is 30.9. The second-order valence-corrected chi connectivity index (χ2v) is 13.4. The van der Waals surface area contributed by atoms with Crippen molar-refractivity contribution in [3.8, 4) is 0 Å². The third kappa shape index (κ3) is 23.1. The lowest BCUT2D eigenvalue weighted by Crippen LogP contribution is -2.59. The summed E-state index contributed by atoms with van der Waals surface area (Å²) in [7, 11) is 0. The van der Waals surface area contributed by atoms with Crippen molar-refractivity contribution in [2.45, 2.75) is 198 Å². The largest absolute Gasteiger partial charge is 0.457 e. The van der Waals surface area contributed by atoms with E-state index in [9.17, 15) is 25.2 Å². The van der Waals surface area contributed by atoms with E-state index in [0.29, 0.717) is 13.0 Å². The molecule has 0 radical (unpaired) electrons. The van der Waals surface area contributed by atoms with Gasteiger partial charge in [0.15, 0.2) is 6.29 Å². The van der Waals surface area contributed by atoms with Crippen LogP contribution in [0.4, 0.5) is 0 Å². The highest BCUT2D eigenvalue weighted by Gasteiger charge is 2.44. The first kappa shape index (κ1) is 44.0. The van der Waals surface area contributed by atoms with Gasteiger partial charge >= 0.3 is 5.97 Å². The average Bonchev–Trinajstić information content (AvgIpc) is 3.07. The Hall–Kier alpha value is -1.07. The van der Waals surface area contributed by atoms with Crippen LogP contribution in [0.15, 0.2) is 12.2 Å². The highest BCUT2D eigenvalue weighted by atomic mass is 16.7. The van der Waals surface area contributed by atoms with E-state index < -0.39 is 43.4 Å². The van der Waals surface area contributed by atoms with Gasteiger partial charge in [0.2, 0.25) is 0 Å². The van der Waals surface area contributed by atoms with Gasteiger partial charge in [0.05, 0.1) is 19.8 Å². The summed E-state index contributed by atoms with van der Waals surface area (Å²) in [5.74, 6) is -0.323. The molecule has 47 heavy (non-hydrogen) atoms. The molecule has 0 saturated carbocycles. The summed E-state index contributed by atoms with van der Waals surface area (Å²) in [6.07, 6.45) is 24.1. The fourth-order valence-corrected chi connectivity index (χ4v) is 5.84. The number of hydrogen-bond donors (Lipinski definition) is 4. The number of aliphatic hydroxyl groups is 4. The zero-order valence-electron chi connectivity index (χ0n) is 30.0. The van der Waals surface area contributed by atoms with Crippen molar-refractivity contribution in [1.82, 2.24) is 0 Å². The summed E-state index contributed by atoms with van der Waals surface area (Å²) in [6.45, 7) is 4.48. The lowest BCUT2D eigenvalue weighted by atomic mass is 9.99. The molecule has 1 rings (SSSR count). The molecule has 0 aliphatic carbocycles. The highest BCUT2D eigenvalue weighted by molar-refractivity contribution is 5.69. The molecule has 0 bridgehead atoms. The van der Waals surface area contributed by atoms with Crippen molar-refractivity contribution < 1.29 is 44.2 Å². The third-order valence-corrected chi connectivity index (χ3v) is 8.93. The molecule has 1 fully saturated rings. The van der Waals surface area contributed by atoms with Crippen molar-refractivity contribution in [3.05, 3.63) is 12.2 Å². The van der Waals surface area contributed by atoms with Crippen LogP contribution in [0, 0.1) is 0 Å². The maximum absolute atomic E-state index is 12.5. The van der Waals surface area contributed by atoms with Crippen LogP contribution in [0.25, 0.3) is 0 Å². The van der Waals surface area contributed by atoms with Crippen LogP contribution in [0.2, 0.25) is 0 Å². The van der Waals surface area contributed by atoms with Crippen LogP contribution in [0.1, 0.15) is 162 Å². The van der Waals surface area contributed by atoms with Gasteiger partial charge in [0.25, 0.3) is 0 Å². The first-order chi connectivity index (χ1) is 22.9. The van der Waals surface area contributed by atoms with Crippen LogP contribution in [0.5, 0.6) is 0 Å². The van der Waals surface area contributed by atoms with Gasteiger partial charge < -0.3 is 39.4 Å². The minimum Gasteiger partial charge on any atom is -0.457 e. The molecular weight excluding hydrogens is 600 g/mol. The van der Waals surface area contributed by atoms with E-state index in [-0.39, 0.29) is 19.2 Å². The molecule has 0 aromatic carbocycles. The standard InChI is InChI=1S/C38H72O9/c1-3-5-7-9-11-12-13-14-15-16-17-18-19-20-21-22-24-26-28-44-30-32(46-34(40)27-25-23-10-8-6-4-2)31-45-38-37(43)36(42)35(41)33(29-39)47-38/h14-15,32-33,35-39,41-43H,3-13,16-31H2,1-2H3/b15-14-. The first-order valence-electron chi connectivity index (χ1n) is 19.3. The maximum atomic E-state index is 12.5. The quantitative estimate of drug-likeness (QED) is 0.0330. The highest BCUT2D eigenvalue weighted by Crippen LogP contribution is 2.22. The molecule has 6 atom stereocenters. The molecule has 1 heterocycles. The van der Waals surface area contributed by atoms with E-state index in [1.165, 1.54) is 109 Å². The zero-order chi connectivity index (χ0) is 34.4.